The van der Waals surface area contributed by atoms with E-state index in [0.29, 0.717) is 0 Å². The molecule has 0 aliphatic heterocycles. The molecule has 0 atom stereocenters. The van der Waals surface area contributed by atoms with E-state index in [2.05, 4.69) is 19.2 Å². The Hall–Kier alpha value is -0.760. The van der Waals surface area contributed by atoms with Crippen molar-refractivity contribution in [3.63, 3.8) is 0 Å². The first kappa shape index (κ1) is 15.3. The molecule has 0 aliphatic carbocycles. The van der Waals surface area contributed by atoms with Crippen molar-refractivity contribution < 1.29 is 4.42 Å². The van der Waals surface area contributed by atoms with Gasteiger partial charge in [-0.1, -0.05) is 51.9 Å². The van der Waals surface area contributed by atoms with E-state index in [1.54, 1.807) is 6.26 Å². The summed E-state index contributed by atoms with van der Waals surface area (Å²) in [4.78, 5) is 0. The van der Waals surface area contributed by atoms with Crippen LogP contribution in [0.25, 0.3) is 0 Å². The third-order valence-electron chi connectivity index (χ3n) is 3.46. The highest BCUT2D eigenvalue weighted by molar-refractivity contribution is 5.13. The lowest BCUT2D eigenvalue weighted by Gasteiger charge is -2.04. The second-order valence-corrected chi connectivity index (χ2v) is 5.18. The van der Waals surface area contributed by atoms with Crippen LogP contribution in [0.5, 0.6) is 0 Å². The smallest absolute Gasteiger partial charge is 0.120 e. The minimum absolute atomic E-state index is 0.870. The molecule has 104 valence electrons. The first-order chi connectivity index (χ1) is 8.84. The molecule has 1 heterocycles. The van der Waals surface area contributed by atoms with Crippen LogP contribution in [0, 0.1) is 6.92 Å². The van der Waals surface area contributed by atoms with Crippen LogP contribution in [0.15, 0.2) is 16.7 Å². The number of nitrogens with one attached hydrogen (secondary N) is 1. The Bertz CT molecular complexity index is 293. The van der Waals surface area contributed by atoms with Gasteiger partial charge >= 0.3 is 0 Å². The van der Waals surface area contributed by atoms with Crippen molar-refractivity contribution >= 4 is 0 Å². The molecule has 0 spiro atoms. The van der Waals surface area contributed by atoms with E-state index in [0.717, 1.165) is 18.8 Å². The molecule has 2 nitrogen and oxygen atoms in total. The average molecular weight is 251 g/mol. The maximum absolute atomic E-state index is 5.38. The van der Waals surface area contributed by atoms with E-state index < -0.39 is 0 Å². The molecule has 0 radical (unpaired) electrons. The molecular formula is C16H29NO. The SMILES string of the molecule is CCCCCCCCCCNCc1occc1C. The molecule has 0 unspecified atom stereocenters. The summed E-state index contributed by atoms with van der Waals surface area (Å²) in [6.07, 6.45) is 12.8. The van der Waals surface area contributed by atoms with Gasteiger partial charge in [0.1, 0.15) is 5.76 Å². The first-order valence-corrected chi connectivity index (χ1v) is 7.58. The van der Waals surface area contributed by atoms with Crippen LogP contribution in [0.3, 0.4) is 0 Å². The Balaban J connectivity index is 1.83. The molecule has 0 bridgehead atoms. The van der Waals surface area contributed by atoms with Crippen molar-refractivity contribution in [2.45, 2.75) is 71.8 Å². The lowest BCUT2D eigenvalue weighted by molar-refractivity contribution is 0.473. The highest BCUT2D eigenvalue weighted by atomic mass is 16.3. The molecule has 1 aromatic heterocycles. The van der Waals surface area contributed by atoms with Gasteiger partial charge in [-0.05, 0) is 31.5 Å². The number of hydrogen-bond donors (Lipinski definition) is 1. The van der Waals surface area contributed by atoms with Gasteiger partial charge in [-0.15, -0.1) is 0 Å². The zero-order valence-corrected chi connectivity index (χ0v) is 12.1. The average Bonchev–Trinajstić information content (AvgIpc) is 2.77. The fourth-order valence-electron chi connectivity index (χ4n) is 2.17. The van der Waals surface area contributed by atoms with Crippen LogP contribution in [-0.2, 0) is 6.54 Å². The van der Waals surface area contributed by atoms with E-state index in [1.165, 1.54) is 56.9 Å². The predicted molar refractivity (Wildman–Crippen MR) is 77.8 cm³/mol. The van der Waals surface area contributed by atoms with Crippen molar-refractivity contribution in [3.8, 4) is 0 Å². The van der Waals surface area contributed by atoms with E-state index in [-0.39, 0.29) is 0 Å². The van der Waals surface area contributed by atoms with Crippen molar-refractivity contribution in [2.75, 3.05) is 6.54 Å². The fraction of sp³-hybridized carbons (Fsp3) is 0.750. The van der Waals surface area contributed by atoms with Crippen LogP contribution in [0.2, 0.25) is 0 Å². The van der Waals surface area contributed by atoms with Gasteiger partial charge in [-0.3, -0.25) is 0 Å². The lowest BCUT2D eigenvalue weighted by atomic mass is 10.1. The largest absolute Gasteiger partial charge is 0.468 e. The topological polar surface area (TPSA) is 25.2 Å². The van der Waals surface area contributed by atoms with Crippen LogP contribution in [0.1, 0.15) is 69.6 Å². The summed E-state index contributed by atoms with van der Waals surface area (Å²) in [5.74, 6) is 1.08. The molecule has 2 heteroatoms. The highest BCUT2D eigenvalue weighted by Crippen LogP contribution is 2.09. The Morgan fingerprint density at radius 2 is 1.67 bits per heavy atom. The first-order valence-electron chi connectivity index (χ1n) is 7.58. The Labute approximate surface area is 112 Å². The number of hydrogen-bond acceptors (Lipinski definition) is 2. The van der Waals surface area contributed by atoms with Crippen LogP contribution < -0.4 is 5.32 Å². The summed E-state index contributed by atoms with van der Waals surface area (Å²) in [5.41, 5.74) is 1.25. The minimum Gasteiger partial charge on any atom is -0.468 e. The maximum atomic E-state index is 5.38. The molecule has 0 aliphatic rings. The zero-order chi connectivity index (χ0) is 13.1. The number of unbranched alkanes of at least 4 members (excludes halogenated alkanes) is 7. The summed E-state index contributed by atoms with van der Waals surface area (Å²) in [6.45, 7) is 6.34. The number of rotatable bonds is 11. The molecule has 0 amide bonds. The van der Waals surface area contributed by atoms with E-state index >= 15 is 0 Å². The second-order valence-electron chi connectivity index (χ2n) is 5.18. The fourth-order valence-corrected chi connectivity index (χ4v) is 2.17. The number of furan rings is 1. The Kier molecular flexibility index (Phi) is 8.66. The van der Waals surface area contributed by atoms with Crippen LogP contribution in [0.4, 0.5) is 0 Å². The van der Waals surface area contributed by atoms with Gasteiger partial charge in [-0.2, -0.15) is 0 Å². The normalized spacial score (nSPS) is 11.0. The molecule has 0 saturated carbocycles. The van der Waals surface area contributed by atoms with Crippen molar-refractivity contribution in [1.29, 1.82) is 0 Å². The minimum atomic E-state index is 0.870. The molecular weight excluding hydrogens is 222 g/mol. The summed E-state index contributed by atoms with van der Waals surface area (Å²) >= 11 is 0. The summed E-state index contributed by atoms with van der Waals surface area (Å²) < 4.78 is 5.38. The molecule has 1 aromatic rings. The molecule has 0 fully saturated rings. The van der Waals surface area contributed by atoms with Gasteiger partial charge in [0, 0.05) is 0 Å². The van der Waals surface area contributed by atoms with Gasteiger partial charge in [0.05, 0.1) is 12.8 Å². The van der Waals surface area contributed by atoms with Crippen molar-refractivity contribution in [1.82, 2.24) is 5.32 Å². The molecule has 18 heavy (non-hydrogen) atoms. The second kappa shape index (κ2) is 10.2. The Morgan fingerprint density at radius 1 is 1.00 bits per heavy atom. The lowest BCUT2D eigenvalue weighted by Crippen LogP contribution is -2.14. The van der Waals surface area contributed by atoms with E-state index in [1.807, 2.05) is 6.07 Å². The standard InChI is InChI=1S/C16H29NO/c1-3-4-5-6-7-8-9-10-12-17-14-16-15(2)11-13-18-16/h11,13,17H,3-10,12,14H2,1-2H3. The molecule has 0 aromatic carbocycles. The quantitative estimate of drug-likeness (QED) is 0.570. The van der Waals surface area contributed by atoms with Gasteiger partial charge in [-0.25, -0.2) is 0 Å². The van der Waals surface area contributed by atoms with E-state index in [9.17, 15) is 0 Å². The number of aryl methyl sites for hydroxylation is 1. The predicted octanol–water partition coefficient (Wildman–Crippen LogP) is 4.82. The molecule has 1 N–H and O–H groups in total. The highest BCUT2D eigenvalue weighted by Gasteiger charge is 1.99. The molecule has 0 saturated heterocycles. The maximum Gasteiger partial charge on any atom is 0.120 e. The monoisotopic (exact) mass is 251 g/mol. The van der Waals surface area contributed by atoms with E-state index in [4.69, 9.17) is 4.42 Å². The van der Waals surface area contributed by atoms with Gasteiger partial charge in [0.25, 0.3) is 0 Å². The van der Waals surface area contributed by atoms with Crippen molar-refractivity contribution in [3.05, 3.63) is 23.7 Å². The van der Waals surface area contributed by atoms with Gasteiger partial charge in [0.2, 0.25) is 0 Å². The van der Waals surface area contributed by atoms with Crippen LogP contribution in [-0.4, -0.2) is 6.54 Å². The third-order valence-corrected chi connectivity index (χ3v) is 3.46. The van der Waals surface area contributed by atoms with Crippen LogP contribution >= 0.6 is 0 Å². The van der Waals surface area contributed by atoms with Gasteiger partial charge in [0.15, 0.2) is 0 Å². The third kappa shape index (κ3) is 6.85. The zero-order valence-electron chi connectivity index (χ0n) is 12.1. The summed E-state index contributed by atoms with van der Waals surface area (Å²) in [7, 11) is 0. The summed E-state index contributed by atoms with van der Waals surface area (Å²) in [6, 6.07) is 2.02. The van der Waals surface area contributed by atoms with Crippen molar-refractivity contribution in [2.24, 2.45) is 0 Å². The van der Waals surface area contributed by atoms with Gasteiger partial charge < -0.3 is 9.73 Å². The molecule has 1 rings (SSSR count). The Morgan fingerprint density at radius 3 is 2.28 bits per heavy atom. The summed E-state index contributed by atoms with van der Waals surface area (Å²) in [5, 5.41) is 3.45.